The Labute approximate surface area is 181 Å². The number of anilines is 1. The number of rotatable bonds is 4. The molecule has 2 fully saturated rings. The highest BCUT2D eigenvalue weighted by molar-refractivity contribution is 6.00. The van der Waals surface area contributed by atoms with Gasteiger partial charge in [-0.15, -0.1) is 0 Å². The van der Waals surface area contributed by atoms with Crippen LogP contribution in [-0.4, -0.2) is 67.6 Å². The number of hydrogen-bond donors (Lipinski definition) is 1. The van der Waals surface area contributed by atoms with Crippen molar-refractivity contribution in [3.63, 3.8) is 0 Å². The minimum atomic E-state index is -0.289. The number of ether oxygens (including phenoxy) is 2. The summed E-state index contributed by atoms with van der Waals surface area (Å²) in [6.45, 7) is 5.69. The first-order chi connectivity index (χ1) is 15.2. The van der Waals surface area contributed by atoms with Gasteiger partial charge in [0.1, 0.15) is 19.8 Å². The van der Waals surface area contributed by atoms with Crippen LogP contribution in [0.5, 0.6) is 11.5 Å². The van der Waals surface area contributed by atoms with Gasteiger partial charge in [-0.2, -0.15) is 0 Å². The van der Waals surface area contributed by atoms with E-state index in [1.54, 1.807) is 4.90 Å². The molecule has 0 spiro atoms. The molecule has 162 valence electrons. The standard InChI is InChI=1S/C23H26N4O4/c28-22-13-18(16-27(22)19-1-2-20-21(14-19)31-12-11-30-20)23(29)26-9-7-25(8-10-26)15-17-3-5-24-6-4-17/h1-6,14,18H,7-13,15-16H2/p+1/t18-/m1/s1. The summed E-state index contributed by atoms with van der Waals surface area (Å²) in [5, 5.41) is 0. The van der Waals surface area contributed by atoms with Gasteiger partial charge in [0.05, 0.1) is 32.1 Å². The van der Waals surface area contributed by atoms with Gasteiger partial charge in [0.15, 0.2) is 11.5 Å². The maximum absolute atomic E-state index is 13.1. The molecule has 8 nitrogen and oxygen atoms in total. The van der Waals surface area contributed by atoms with E-state index in [0.717, 1.165) is 38.4 Å². The van der Waals surface area contributed by atoms with E-state index < -0.39 is 0 Å². The van der Waals surface area contributed by atoms with Crippen molar-refractivity contribution in [2.45, 2.75) is 13.0 Å². The summed E-state index contributed by atoms with van der Waals surface area (Å²) in [4.78, 5) is 34.9. The highest BCUT2D eigenvalue weighted by Crippen LogP contribution is 2.36. The first-order valence-corrected chi connectivity index (χ1v) is 10.9. The molecule has 2 saturated heterocycles. The second-order valence-corrected chi connectivity index (χ2v) is 8.34. The van der Waals surface area contributed by atoms with Crippen LogP contribution in [0, 0.1) is 5.92 Å². The van der Waals surface area contributed by atoms with Crippen molar-refractivity contribution in [1.29, 1.82) is 0 Å². The Morgan fingerprint density at radius 1 is 1.06 bits per heavy atom. The van der Waals surface area contributed by atoms with Crippen molar-refractivity contribution in [2.75, 3.05) is 50.8 Å². The van der Waals surface area contributed by atoms with Crippen LogP contribution >= 0.6 is 0 Å². The zero-order valence-electron chi connectivity index (χ0n) is 17.5. The normalized spacial score (nSPS) is 21.4. The van der Waals surface area contributed by atoms with Crippen molar-refractivity contribution >= 4 is 17.5 Å². The van der Waals surface area contributed by atoms with E-state index in [4.69, 9.17) is 9.47 Å². The summed E-state index contributed by atoms with van der Waals surface area (Å²) in [7, 11) is 0. The van der Waals surface area contributed by atoms with Crippen LogP contribution in [-0.2, 0) is 16.1 Å². The van der Waals surface area contributed by atoms with E-state index in [0.29, 0.717) is 31.3 Å². The lowest BCUT2D eigenvalue weighted by atomic mass is 10.1. The number of carbonyl (C=O) groups excluding carboxylic acids is 2. The second kappa shape index (κ2) is 8.55. The zero-order valence-corrected chi connectivity index (χ0v) is 17.5. The largest absolute Gasteiger partial charge is 0.486 e. The molecule has 0 bridgehead atoms. The number of piperazine rings is 1. The first kappa shape index (κ1) is 19.8. The predicted octanol–water partition coefficient (Wildman–Crippen LogP) is 0.133. The van der Waals surface area contributed by atoms with Gasteiger partial charge in [-0.1, -0.05) is 0 Å². The van der Waals surface area contributed by atoms with Crippen molar-refractivity contribution in [3.05, 3.63) is 48.3 Å². The van der Waals surface area contributed by atoms with Gasteiger partial charge in [-0.05, 0) is 24.3 Å². The fourth-order valence-corrected chi connectivity index (χ4v) is 4.59. The smallest absolute Gasteiger partial charge is 0.228 e. The predicted molar refractivity (Wildman–Crippen MR) is 113 cm³/mol. The molecule has 2 amide bonds. The Morgan fingerprint density at radius 3 is 2.58 bits per heavy atom. The molecular formula is C23H27N4O4+. The lowest BCUT2D eigenvalue weighted by Gasteiger charge is -2.33. The molecule has 2 aromatic rings. The monoisotopic (exact) mass is 423 g/mol. The van der Waals surface area contributed by atoms with E-state index in [1.165, 1.54) is 10.5 Å². The summed E-state index contributed by atoms with van der Waals surface area (Å²) < 4.78 is 11.2. The molecule has 3 aliphatic heterocycles. The maximum Gasteiger partial charge on any atom is 0.228 e. The van der Waals surface area contributed by atoms with E-state index in [9.17, 15) is 9.59 Å². The lowest BCUT2D eigenvalue weighted by molar-refractivity contribution is -0.917. The van der Waals surface area contributed by atoms with Crippen LogP contribution < -0.4 is 19.3 Å². The van der Waals surface area contributed by atoms with Crippen LogP contribution in [0.25, 0.3) is 0 Å². The minimum absolute atomic E-state index is 0.0167. The highest BCUT2D eigenvalue weighted by Gasteiger charge is 2.38. The van der Waals surface area contributed by atoms with Gasteiger partial charge in [0.2, 0.25) is 11.8 Å². The molecule has 5 rings (SSSR count). The van der Waals surface area contributed by atoms with Crippen LogP contribution in [0.2, 0.25) is 0 Å². The number of aromatic nitrogens is 1. The molecule has 1 aromatic heterocycles. The Balaban J connectivity index is 1.18. The third-order valence-corrected chi connectivity index (χ3v) is 6.30. The molecule has 3 aliphatic rings. The second-order valence-electron chi connectivity index (χ2n) is 8.34. The molecular weight excluding hydrogens is 396 g/mol. The minimum Gasteiger partial charge on any atom is -0.486 e. The Hall–Kier alpha value is -3.13. The zero-order chi connectivity index (χ0) is 21.2. The topological polar surface area (TPSA) is 76.4 Å². The summed E-state index contributed by atoms with van der Waals surface area (Å²) >= 11 is 0. The van der Waals surface area contributed by atoms with Crippen LogP contribution in [0.1, 0.15) is 12.0 Å². The maximum atomic E-state index is 13.1. The molecule has 0 radical (unpaired) electrons. The Bertz CT molecular complexity index is 959. The van der Waals surface area contributed by atoms with Crippen LogP contribution in [0.3, 0.4) is 0 Å². The molecule has 1 aromatic carbocycles. The number of quaternary nitrogens is 1. The van der Waals surface area contributed by atoms with E-state index in [-0.39, 0.29) is 24.2 Å². The summed E-state index contributed by atoms with van der Waals surface area (Å²) in [5.74, 6) is 1.14. The number of nitrogens with zero attached hydrogens (tertiary/aromatic N) is 3. The third kappa shape index (κ3) is 4.20. The molecule has 31 heavy (non-hydrogen) atoms. The van der Waals surface area contributed by atoms with Crippen LogP contribution in [0.4, 0.5) is 5.69 Å². The average molecular weight is 423 g/mol. The fourth-order valence-electron chi connectivity index (χ4n) is 4.59. The summed E-state index contributed by atoms with van der Waals surface area (Å²) in [6.07, 6.45) is 3.90. The summed E-state index contributed by atoms with van der Waals surface area (Å²) in [5.41, 5.74) is 2.03. The van der Waals surface area contributed by atoms with Crippen molar-refractivity contribution in [3.8, 4) is 11.5 Å². The Morgan fingerprint density at radius 2 is 1.81 bits per heavy atom. The van der Waals surface area contributed by atoms with Crippen LogP contribution in [0.15, 0.2) is 42.7 Å². The number of fused-ring (bicyclic) bond motifs is 1. The van der Waals surface area contributed by atoms with Crippen molar-refractivity contribution in [2.24, 2.45) is 5.92 Å². The number of pyridine rings is 1. The third-order valence-electron chi connectivity index (χ3n) is 6.30. The average Bonchev–Trinajstić information content (AvgIpc) is 3.21. The van der Waals surface area contributed by atoms with E-state index in [2.05, 4.69) is 4.98 Å². The van der Waals surface area contributed by atoms with Gasteiger partial charge in [0, 0.05) is 42.7 Å². The molecule has 0 unspecified atom stereocenters. The van der Waals surface area contributed by atoms with E-state index >= 15 is 0 Å². The first-order valence-electron chi connectivity index (χ1n) is 10.9. The lowest BCUT2D eigenvalue weighted by Crippen LogP contribution is -3.13. The molecule has 1 atom stereocenters. The molecule has 0 saturated carbocycles. The van der Waals surface area contributed by atoms with E-state index in [1.807, 2.05) is 47.6 Å². The van der Waals surface area contributed by atoms with Gasteiger partial charge < -0.3 is 24.2 Å². The number of hydrogen-bond acceptors (Lipinski definition) is 5. The number of amides is 2. The van der Waals surface area contributed by atoms with Crippen molar-refractivity contribution in [1.82, 2.24) is 9.88 Å². The number of carbonyl (C=O) groups is 2. The molecule has 1 N–H and O–H groups in total. The van der Waals surface area contributed by atoms with Gasteiger partial charge in [-0.25, -0.2) is 0 Å². The number of nitrogens with one attached hydrogen (secondary N) is 1. The SMILES string of the molecule is O=C([C@@H]1CC(=O)N(c2ccc3c(c2)OCCO3)C1)N1CC[NH+](Cc2ccncc2)CC1. The van der Waals surface area contributed by atoms with Crippen molar-refractivity contribution < 1.29 is 24.0 Å². The fraction of sp³-hybridized carbons (Fsp3) is 0.435. The summed E-state index contributed by atoms with van der Waals surface area (Å²) in [6, 6.07) is 9.61. The van der Waals surface area contributed by atoms with Gasteiger partial charge >= 0.3 is 0 Å². The Kier molecular flexibility index (Phi) is 5.46. The molecule has 8 heteroatoms. The van der Waals surface area contributed by atoms with Gasteiger partial charge in [-0.3, -0.25) is 14.6 Å². The molecule has 0 aliphatic carbocycles. The molecule has 4 heterocycles. The highest BCUT2D eigenvalue weighted by atomic mass is 16.6. The van der Waals surface area contributed by atoms with Gasteiger partial charge in [0.25, 0.3) is 0 Å². The number of benzene rings is 1. The quantitative estimate of drug-likeness (QED) is 0.757.